The Morgan fingerprint density at radius 2 is 1.83 bits per heavy atom. The number of sulfonamides is 1. The Kier molecular flexibility index (Phi) is 4.92. The molecule has 1 saturated heterocycles. The molecule has 2 aromatic rings. The van der Waals surface area contributed by atoms with Crippen LogP contribution in [0.2, 0.25) is 0 Å². The van der Waals surface area contributed by atoms with Crippen LogP contribution < -0.4 is 4.74 Å². The molecule has 2 heterocycles. The maximum Gasteiger partial charge on any atom is 0.243 e. The first kappa shape index (κ1) is 15.9. The topological polar surface area (TPSA) is 77.3 Å². The van der Waals surface area contributed by atoms with Gasteiger partial charge in [0.15, 0.2) is 0 Å². The fourth-order valence-corrected chi connectivity index (χ4v) is 4.08. The van der Waals surface area contributed by atoms with Gasteiger partial charge in [0.05, 0.1) is 11.4 Å². The van der Waals surface area contributed by atoms with E-state index in [1.807, 2.05) is 0 Å². The van der Waals surface area contributed by atoms with Crippen LogP contribution in [0, 0.1) is 0 Å². The Morgan fingerprint density at radius 1 is 1.09 bits per heavy atom. The van der Waals surface area contributed by atoms with Crippen molar-refractivity contribution >= 4 is 10.0 Å². The highest BCUT2D eigenvalue weighted by Crippen LogP contribution is 2.22. The molecule has 0 aliphatic carbocycles. The van der Waals surface area contributed by atoms with Crippen molar-refractivity contribution in [3.05, 3.63) is 36.9 Å². The van der Waals surface area contributed by atoms with Crippen LogP contribution in [-0.2, 0) is 16.6 Å². The van der Waals surface area contributed by atoms with Crippen LogP contribution in [0.3, 0.4) is 0 Å². The second kappa shape index (κ2) is 7.10. The maximum atomic E-state index is 12.5. The summed E-state index contributed by atoms with van der Waals surface area (Å²) in [7, 11) is -3.38. The molecule has 0 amide bonds. The van der Waals surface area contributed by atoms with Gasteiger partial charge in [-0.2, -0.15) is 9.40 Å². The van der Waals surface area contributed by atoms with Crippen LogP contribution in [0.25, 0.3) is 0 Å². The molecule has 0 radical (unpaired) electrons. The first-order valence-electron chi connectivity index (χ1n) is 7.72. The lowest BCUT2D eigenvalue weighted by molar-refractivity contribution is 0.291. The zero-order valence-electron chi connectivity index (χ0n) is 12.8. The SMILES string of the molecule is O=S(=O)(c1ccc(OCCn2cncn2)cc1)N1CCCCC1. The van der Waals surface area contributed by atoms with E-state index in [2.05, 4.69) is 10.1 Å². The lowest BCUT2D eigenvalue weighted by Gasteiger charge is -2.25. The number of ether oxygens (including phenoxy) is 1. The number of nitrogens with zero attached hydrogens (tertiary/aromatic N) is 4. The summed E-state index contributed by atoms with van der Waals surface area (Å²) in [5.41, 5.74) is 0. The van der Waals surface area contributed by atoms with Gasteiger partial charge in [0.25, 0.3) is 0 Å². The fourth-order valence-electron chi connectivity index (χ4n) is 2.57. The summed E-state index contributed by atoms with van der Waals surface area (Å²) < 4.78 is 33.9. The zero-order valence-corrected chi connectivity index (χ0v) is 13.7. The van der Waals surface area contributed by atoms with Crippen LogP contribution in [0.4, 0.5) is 0 Å². The van der Waals surface area contributed by atoms with Crippen molar-refractivity contribution in [2.75, 3.05) is 19.7 Å². The molecule has 0 bridgehead atoms. The molecule has 1 fully saturated rings. The molecule has 1 aromatic carbocycles. The highest BCUT2D eigenvalue weighted by atomic mass is 32.2. The Bertz CT molecular complexity index is 708. The lowest BCUT2D eigenvalue weighted by atomic mass is 10.2. The van der Waals surface area contributed by atoms with Gasteiger partial charge in [-0.05, 0) is 37.1 Å². The number of aromatic nitrogens is 3. The molecule has 0 saturated carbocycles. The van der Waals surface area contributed by atoms with Crippen molar-refractivity contribution in [2.45, 2.75) is 30.7 Å². The molecule has 0 spiro atoms. The van der Waals surface area contributed by atoms with E-state index in [1.165, 1.54) is 6.33 Å². The molecule has 0 N–H and O–H groups in total. The number of benzene rings is 1. The third-order valence-electron chi connectivity index (χ3n) is 3.83. The summed E-state index contributed by atoms with van der Waals surface area (Å²) >= 11 is 0. The molecular formula is C15H20N4O3S. The van der Waals surface area contributed by atoms with Gasteiger partial charge in [0.1, 0.15) is 25.0 Å². The Balaban J connectivity index is 1.59. The van der Waals surface area contributed by atoms with Crippen LogP contribution in [0.1, 0.15) is 19.3 Å². The molecule has 0 unspecified atom stereocenters. The minimum absolute atomic E-state index is 0.322. The van der Waals surface area contributed by atoms with Crippen LogP contribution in [-0.4, -0.2) is 47.2 Å². The summed E-state index contributed by atoms with van der Waals surface area (Å²) in [6.45, 7) is 2.26. The van der Waals surface area contributed by atoms with Gasteiger partial charge in [-0.3, -0.25) is 0 Å². The Labute approximate surface area is 135 Å². The summed E-state index contributed by atoms with van der Waals surface area (Å²) in [5.74, 6) is 0.641. The van der Waals surface area contributed by atoms with Gasteiger partial charge in [0.2, 0.25) is 10.0 Å². The van der Waals surface area contributed by atoms with E-state index in [9.17, 15) is 8.42 Å². The fraction of sp³-hybridized carbons (Fsp3) is 0.467. The highest BCUT2D eigenvalue weighted by molar-refractivity contribution is 7.89. The molecule has 0 atom stereocenters. The van der Waals surface area contributed by atoms with Crippen LogP contribution >= 0.6 is 0 Å². The first-order chi connectivity index (χ1) is 11.2. The van der Waals surface area contributed by atoms with Gasteiger partial charge in [0, 0.05) is 13.1 Å². The standard InChI is InChI=1S/C15H20N4O3S/c20-23(21,19-8-2-1-3-9-19)15-6-4-14(5-7-15)22-11-10-18-13-16-12-17-18/h4-7,12-13H,1-3,8-11H2. The van der Waals surface area contributed by atoms with Crippen molar-refractivity contribution in [1.82, 2.24) is 19.1 Å². The normalized spacial score (nSPS) is 16.3. The largest absolute Gasteiger partial charge is 0.492 e. The van der Waals surface area contributed by atoms with E-state index in [1.54, 1.807) is 39.6 Å². The second-order valence-electron chi connectivity index (χ2n) is 5.44. The van der Waals surface area contributed by atoms with Gasteiger partial charge in [-0.25, -0.2) is 18.1 Å². The molecule has 1 aliphatic heterocycles. The van der Waals surface area contributed by atoms with E-state index in [-0.39, 0.29) is 0 Å². The van der Waals surface area contributed by atoms with E-state index in [4.69, 9.17) is 4.74 Å². The number of hydrogen-bond acceptors (Lipinski definition) is 5. The van der Waals surface area contributed by atoms with Crippen LogP contribution in [0.15, 0.2) is 41.8 Å². The molecule has 23 heavy (non-hydrogen) atoms. The van der Waals surface area contributed by atoms with E-state index in [0.29, 0.717) is 36.9 Å². The van der Waals surface area contributed by atoms with Crippen molar-refractivity contribution in [1.29, 1.82) is 0 Å². The molecule has 124 valence electrons. The predicted molar refractivity (Wildman–Crippen MR) is 84.6 cm³/mol. The van der Waals surface area contributed by atoms with Crippen molar-refractivity contribution in [3.63, 3.8) is 0 Å². The molecule has 3 rings (SSSR count). The maximum absolute atomic E-state index is 12.5. The van der Waals surface area contributed by atoms with Crippen molar-refractivity contribution in [2.24, 2.45) is 0 Å². The van der Waals surface area contributed by atoms with E-state index >= 15 is 0 Å². The Morgan fingerprint density at radius 3 is 2.48 bits per heavy atom. The van der Waals surface area contributed by atoms with E-state index < -0.39 is 10.0 Å². The zero-order chi connectivity index (χ0) is 16.1. The summed E-state index contributed by atoms with van der Waals surface area (Å²) in [5, 5.41) is 3.99. The summed E-state index contributed by atoms with van der Waals surface area (Å²) in [6.07, 6.45) is 6.06. The quantitative estimate of drug-likeness (QED) is 0.799. The minimum Gasteiger partial charge on any atom is -0.492 e. The summed E-state index contributed by atoms with van der Waals surface area (Å²) in [4.78, 5) is 4.18. The van der Waals surface area contributed by atoms with Gasteiger partial charge < -0.3 is 4.74 Å². The average Bonchev–Trinajstić information content (AvgIpc) is 3.10. The molecule has 1 aromatic heterocycles. The molecule has 8 heteroatoms. The molecule has 7 nitrogen and oxygen atoms in total. The van der Waals surface area contributed by atoms with Crippen molar-refractivity contribution < 1.29 is 13.2 Å². The molecule has 1 aliphatic rings. The predicted octanol–water partition coefficient (Wildman–Crippen LogP) is 1.53. The smallest absolute Gasteiger partial charge is 0.243 e. The van der Waals surface area contributed by atoms with Crippen LogP contribution in [0.5, 0.6) is 5.75 Å². The van der Waals surface area contributed by atoms with E-state index in [0.717, 1.165) is 19.3 Å². The average molecular weight is 336 g/mol. The number of piperidine rings is 1. The Hall–Kier alpha value is -1.93. The third kappa shape index (κ3) is 3.89. The van der Waals surface area contributed by atoms with Gasteiger partial charge >= 0.3 is 0 Å². The highest BCUT2D eigenvalue weighted by Gasteiger charge is 2.25. The van der Waals surface area contributed by atoms with Crippen molar-refractivity contribution in [3.8, 4) is 5.75 Å². The lowest BCUT2D eigenvalue weighted by Crippen LogP contribution is -2.35. The third-order valence-corrected chi connectivity index (χ3v) is 5.75. The monoisotopic (exact) mass is 336 g/mol. The second-order valence-corrected chi connectivity index (χ2v) is 7.38. The van der Waals surface area contributed by atoms with Gasteiger partial charge in [-0.15, -0.1) is 0 Å². The number of rotatable bonds is 6. The first-order valence-corrected chi connectivity index (χ1v) is 9.16. The molecular weight excluding hydrogens is 316 g/mol. The van der Waals surface area contributed by atoms with Gasteiger partial charge in [-0.1, -0.05) is 6.42 Å². The summed E-state index contributed by atoms with van der Waals surface area (Å²) in [6, 6.07) is 6.60. The number of hydrogen-bond donors (Lipinski definition) is 0. The minimum atomic E-state index is -3.38.